The normalized spacial score (nSPS) is 13.0. The SMILES string of the molecule is CC(C)c1ccc([C@H](NC(=O)c2cccc(CS(C)(=O)=O)c2)C(C)C)cc1. The number of carbonyl (C=O) groups is 1. The molecule has 2 aromatic carbocycles. The average Bonchev–Trinajstić information content (AvgIpc) is 2.58. The number of amides is 1. The van der Waals surface area contributed by atoms with Crippen LogP contribution < -0.4 is 5.32 Å². The summed E-state index contributed by atoms with van der Waals surface area (Å²) in [5.74, 6) is 0.414. The smallest absolute Gasteiger partial charge is 0.251 e. The quantitative estimate of drug-likeness (QED) is 0.762. The molecule has 0 spiro atoms. The topological polar surface area (TPSA) is 63.2 Å². The van der Waals surface area contributed by atoms with E-state index in [4.69, 9.17) is 0 Å². The number of sulfone groups is 1. The first kappa shape index (κ1) is 21.2. The van der Waals surface area contributed by atoms with Crippen LogP contribution >= 0.6 is 0 Å². The number of carbonyl (C=O) groups excluding carboxylic acids is 1. The van der Waals surface area contributed by atoms with Crippen LogP contribution in [-0.4, -0.2) is 20.6 Å². The van der Waals surface area contributed by atoms with E-state index in [0.717, 1.165) is 5.56 Å². The minimum Gasteiger partial charge on any atom is -0.345 e. The Bertz CT molecular complexity index is 884. The first-order chi connectivity index (χ1) is 12.6. The second kappa shape index (κ2) is 8.70. The fourth-order valence-electron chi connectivity index (χ4n) is 3.05. The minimum absolute atomic E-state index is 0.0710. The molecule has 0 radical (unpaired) electrons. The van der Waals surface area contributed by atoms with Gasteiger partial charge in [0.15, 0.2) is 9.84 Å². The van der Waals surface area contributed by atoms with Crippen LogP contribution in [0.3, 0.4) is 0 Å². The van der Waals surface area contributed by atoms with E-state index in [1.165, 1.54) is 11.8 Å². The van der Waals surface area contributed by atoms with Crippen molar-refractivity contribution in [2.75, 3.05) is 6.26 Å². The Morgan fingerprint density at radius 2 is 1.56 bits per heavy atom. The Morgan fingerprint density at radius 3 is 2.07 bits per heavy atom. The van der Waals surface area contributed by atoms with Gasteiger partial charge in [-0.25, -0.2) is 8.42 Å². The van der Waals surface area contributed by atoms with Crippen molar-refractivity contribution < 1.29 is 13.2 Å². The summed E-state index contributed by atoms with van der Waals surface area (Å²) in [6.07, 6.45) is 1.19. The summed E-state index contributed by atoms with van der Waals surface area (Å²) in [4.78, 5) is 12.8. The van der Waals surface area contributed by atoms with Crippen molar-refractivity contribution in [2.45, 2.75) is 45.4 Å². The highest BCUT2D eigenvalue weighted by atomic mass is 32.2. The molecule has 2 aromatic rings. The molecular formula is C22H29NO3S. The van der Waals surface area contributed by atoms with Crippen LogP contribution in [0, 0.1) is 5.92 Å². The van der Waals surface area contributed by atoms with E-state index >= 15 is 0 Å². The van der Waals surface area contributed by atoms with Gasteiger partial charge in [0.2, 0.25) is 0 Å². The molecule has 0 aliphatic carbocycles. The van der Waals surface area contributed by atoms with Crippen molar-refractivity contribution in [1.29, 1.82) is 0 Å². The maximum Gasteiger partial charge on any atom is 0.251 e. The predicted octanol–water partition coefficient (Wildman–Crippen LogP) is 4.48. The zero-order valence-corrected chi connectivity index (χ0v) is 17.5. The van der Waals surface area contributed by atoms with Gasteiger partial charge in [-0.3, -0.25) is 4.79 Å². The van der Waals surface area contributed by atoms with Gasteiger partial charge in [0.1, 0.15) is 0 Å². The minimum atomic E-state index is -3.14. The molecule has 5 heteroatoms. The Labute approximate surface area is 162 Å². The first-order valence-electron chi connectivity index (χ1n) is 9.24. The molecular weight excluding hydrogens is 358 g/mol. The lowest BCUT2D eigenvalue weighted by molar-refractivity contribution is 0.0925. The van der Waals surface area contributed by atoms with E-state index in [2.05, 4.69) is 57.3 Å². The maximum absolute atomic E-state index is 12.8. The molecule has 1 N–H and O–H groups in total. The summed E-state index contributed by atoms with van der Waals surface area (Å²) >= 11 is 0. The molecule has 146 valence electrons. The molecule has 0 unspecified atom stereocenters. The lowest BCUT2D eigenvalue weighted by Gasteiger charge is -2.23. The average molecular weight is 388 g/mol. The van der Waals surface area contributed by atoms with Crippen LogP contribution in [0.4, 0.5) is 0 Å². The van der Waals surface area contributed by atoms with Gasteiger partial charge < -0.3 is 5.32 Å². The summed E-state index contributed by atoms with van der Waals surface area (Å²) < 4.78 is 23.0. The summed E-state index contributed by atoms with van der Waals surface area (Å²) in [5, 5.41) is 3.10. The van der Waals surface area contributed by atoms with Crippen molar-refractivity contribution in [3.05, 3.63) is 70.8 Å². The zero-order chi connectivity index (χ0) is 20.2. The van der Waals surface area contributed by atoms with Gasteiger partial charge in [-0.2, -0.15) is 0 Å². The van der Waals surface area contributed by atoms with E-state index < -0.39 is 9.84 Å². The first-order valence-corrected chi connectivity index (χ1v) is 11.3. The Kier molecular flexibility index (Phi) is 6.82. The largest absolute Gasteiger partial charge is 0.345 e. The van der Waals surface area contributed by atoms with E-state index in [-0.39, 0.29) is 23.6 Å². The Hall–Kier alpha value is -2.14. The van der Waals surface area contributed by atoms with Crippen molar-refractivity contribution in [1.82, 2.24) is 5.32 Å². The van der Waals surface area contributed by atoms with Crippen LogP contribution in [0.5, 0.6) is 0 Å². The van der Waals surface area contributed by atoms with E-state index in [9.17, 15) is 13.2 Å². The second-order valence-corrected chi connectivity index (χ2v) is 9.93. The van der Waals surface area contributed by atoms with Gasteiger partial charge in [-0.15, -0.1) is 0 Å². The third-order valence-electron chi connectivity index (χ3n) is 4.53. The Balaban J connectivity index is 2.21. The standard InChI is InChI=1S/C22H29NO3S/c1-15(2)18-9-11-19(12-10-18)21(16(3)4)23-22(24)20-8-6-7-17(13-20)14-27(5,25)26/h6-13,15-16,21H,14H2,1-5H3,(H,23,24)/t21-/m1/s1. The molecule has 4 nitrogen and oxygen atoms in total. The molecule has 0 fully saturated rings. The molecule has 1 atom stereocenters. The maximum atomic E-state index is 12.8. The van der Waals surface area contributed by atoms with E-state index in [1.807, 2.05) is 0 Å². The van der Waals surface area contributed by atoms with Gasteiger partial charge >= 0.3 is 0 Å². The van der Waals surface area contributed by atoms with E-state index in [1.54, 1.807) is 24.3 Å². The number of nitrogens with one attached hydrogen (secondary N) is 1. The van der Waals surface area contributed by atoms with Crippen LogP contribution in [0.15, 0.2) is 48.5 Å². The van der Waals surface area contributed by atoms with Crippen LogP contribution in [0.2, 0.25) is 0 Å². The fraction of sp³-hybridized carbons (Fsp3) is 0.409. The lowest BCUT2D eigenvalue weighted by atomic mass is 9.93. The summed E-state index contributed by atoms with van der Waals surface area (Å²) in [7, 11) is -3.14. The van der Waals surface area contributed by atoms with Crippen LogP contribution in [-0.2, 0) is 15.6 Å². The zero-order valence-electron chi connectivity index (χ0n) is 16.7. The summed E-state index contributed by atoms with van der Waals surface area (Å²) in [5.41, 5.74) is 3.42. The monoisotopic (exact) mass is 387 g/mol. The Morgan fingerprint density at radius 1 is 0.963 bits per heavy atom. The molecule has 0 saturated heterocycles. The highest BCUT2D eigenvalue weighted by Crippen LogP contribution is 2.24. The summed E-state index contributed by atoms with van der Waals surface area (Å²) in [6, 6.07) is 15.0. The fourth-order valence-corrected chi connectivity index (χ4v) is 3.84. The molecule has 1 amide bonds. The molecule has 0 saturated carbocycles. The molecule has 0 aliphatic heterocycles. The van der Waals surface area contributed by atoms with E-state index in [0.29, 0.717) is 17.0 Å². The van der Waals surface area contributed by atoms with Crippen LogP contribution in [0.25, 0.3) is 0 Å². The molecule has 0 heterocycles. The third kappa shape index (κ3) is 6.21. The van der Waals surface area contributed by atoms with Crippen molar-refractivity contribution >= 4 is 15.7 Å². The predicted molar refractivity (Wildman–Crippen MR) is 111 cm³/mol. The van der Waals surface area contributed by atoms with Crippen molar-refractivity contribution in [2.24, 2.45) is 5.92 Å². The molecule has 0 aromatic heterocycles. The molecule has 0 aliphatic rings. The summed E-state index contributed by atoms with van der Waals surface area (Å²) in [6.45, 7) is 8.45. The van der Waals surface area contributed by atoms with Crippen LogP contribution in [0.1, 0.15) is 66.7 Å². The number of hydrogen-bond donors (Lipinski definition) is 1. The van der Waals surface area contributed by atoms with Crippen molar-refractivity contribution in [3.8, 4) is 0 Å². The third-order valence-corrected chi connectivity index (χ3v) is 5.39. The lowest BCUT2D eigenvalue weighted by Crippen LogP contribution is -2.31. The highest BCUT2D eigenvalue weighted by Gasteiger charge is 2.20. The number of rotatable bonds is 7. The molecule has 27 heavy (non-hydrogen) atoms. The van der Waals surface area contributed by atoms with Gasteiger partial charge in [0.05, 0.1) is 11.8 Å². The second-order valence-electron chi connectivity index (χ2n) is 7.79. The highest BCUT2D eigenvalue weighted by molar-refractivity contribution is 7.89. The van der Waals surface area contributed by atoms with Gasteiger partial charge in [-0.05, 0) is 40.7 Å². The van der Waals surface area contributed by atoms with Crippen molar-refractivity contribution in [3.63, 3.8) is 0 Å². The molecule has 0 bridgehead atoms. The number of benzene rings is 2. The molecule has 2 rings (SSSR count). The van der Waals surface area contributed by atoms with Gasteiger partial charge in [0, 0.05) is 11.8 Å². The number of hydrogen-bond acceptors (Lipinski definition) is 3. The van der Waals surface area contributed by atoms with Gasteiger partial charge in [0.25, 0.3) is 5.91 Å². The van der Waals surface area contributed by atoms with Gasteiger partial charge in [-0.1, -0.05) is 64.1 Å².